The maximum Gasteiger partial charge on any atom is 0.384 e. The van der Waals surface area contributed by atoms with E-state index in [0.717, 1.165) is 11.6 Å². The molecule has 6 aromatic heterocycles. The third-order valence-corrected chi connectivity index (χ3v) is 5.08. The summed E-state index contributed by atoms with van der Waals surface area (Å²) in [5, 5.41) is 0. The highest BCUT2D eigenvalue weighted by Crippen LogP contribution is 2.23. The first-order valence-corrected chi connectivity index (χ1v) is 8.73. The van der Waals surface area contributed by atoms with Crippen molar-refractivity contribution in [2.75, 3.05) is 0 Å². The molecule has 0 aromatic carbocycles. The monoisotopic (exact) mass is 336 g/mol. The fourth-order valence-electron chi connectivity index (χ4n) is 4.01. The number of hydrogen-bond donors (Lipinski definition) is 0. The lowest BCUT2D eigenvalue weighted by Gasteiger charge is -1.93. The molecule has 0 saturated carbocycles. The van der Waals surface area contributed by atoms with Gasteiger partial charge in [-0.05, 0) is 48.5 Å². The molecule has 122 valence electrons. The van der Waals surface area contributed by atoms with Crippen molar-refractivity contribution in [2.24, 2.45) is 0 Å². The highest BCUT2D eigenvalue weighted by atomic mass is 15.2. The SMILES string of the molecule is c1ccn2c(-c3n4ccccc4c4cccc[n+]34)[n+]3ccccc3c2c1. The summed E-state index contributed by atoms with van der Waals surface area (Å²) in [4.78, 5) is 0. The zero-order valence-corrected chi connectivity index (χ0v) is 14.0. The van der Waals surface area contributed by atoms with Crippen LogP contribution in [-0.4, -0.2) is 8.80 Å². The van der Waals surface area contributed by atoms with Gasteiger partial charge < -0.3 is 0 Å². The second-order valence-electron chi connectivity index (χ2n) is 6.47. The van der Waals surface area contributed by atoms with Crippen LogP contribution in [0.2, 0.25) is 0 Å². The summed E-state index contributed by atoms with van der Waals surface area (Å²) in [6.45, 7) is 0. The van der Waals surface area contributed by atoms with E-state index >= 15 is 0 Å². The lowest BCUT2D eigenvalue weighted by Crippen LogP contribution is -2.30. The molecule has 6 heterocycles. The lowest BCUT2D eigenvalue weighted by atomic mass is 10.3. The Morgan fingerprint density at radius 1 is 0.500 bits per heavy atom. The van der Waals surface area contributed by atoms with E-state index in [1.807, 2.05) is 0 Å². The van der Waals surface area contributed by atoms with E-state index in [2.05, 4.69) is 115 Å². The van der Waals surface area contributed by atoms with E-state index in [-0.39, 0.29) is 0 Å². The standard InChI is InChI=1S/C22H16N4/c1-5-13-23-17(9-1)18-10-2-6-14-24(18)21(23)22-25-15-7-3-11-19(25)20-12-4-8-16-26(20)22/h1-16H/q+2. The summed E-state index contributed by atoms with van der Waals surface area (Å²) >= 11 is 0. The maximum atomic E-state index is 2.27. The maximum absolute atomic E-state index is 2.27. The molecule has 0 aliphatic carbocycles. The van der Waals surface area contributed by atoms with E-state index in [9.17, 15) is 0 Å². The Hall–Kier alpha value is -3.66. The van der Waals surface area contributed by atoms with Crippen molar-refractivity contribution >= 4 is 22.1 Å². The number of pyridine rings is 4. The molecule has 0 amide bonds. The number of aromatic nitrogens is 4. The normalized spacial score (nSPS) is 11.8. The molecular weight excluding hydrogens is 320 g/mol. The van der Waals surface area contributed by atoms with Gasteiger partial charge in [0, 0.05) is 0 Å². The summed E-state index contributed by atoms with van der Waals surface area (Å²) in [6, 6.07) is 25.4. The van der Waals surface area contributed by atoms with Gasteiger partial charge in [0.05, 0.1) is 24.8 Å². The van der Waals surface area contributed by atoms with E-state index in [0.29, 0.717) is 0 Å². The molecule has 0 spiro atoms. The van der Waals surface area contributed by atoms with Crippen LogP contribution >= 0.6 is 0 Å². The van der Waals surface area contributed by atoms with Crippen LogP contribution in [0.25, 0.3) is 33.7 Å². The van der Waals surface area contributed by atoms with Crippen LogP contribution in [0.5, 0.6) is 0 Å². The van der Waals surface area contributed by atoms with Crippen molar-refractivity contribution in [3.05, 3.63) is 97.6 Å². The third-order valence-electron chi connectivity index (χ3n) is 5.08. The summed E-state index contributed by atoms with van der Waals surface area (Å²) in [5.74, 6) is 2.26. The van der Waals surface area contributed by atoms with Crippen molar-refractivity contribution in [2.45, 2.75) is 0 Å². The van der Waals surface area contributed by atoms with Gasteiger partial charge in [-0.1, -0.05) is 24.3 Å². The highest BCUT2D eigenvalue weighted by Gasteiger charge is 2.33. The Kier molecular flexibility index (Phi) is 2.58. The Morgan fingerprint density at radius 3 is 1.46 bits per heavy atom. The van der Waals surface area contributed by atoms with E-state index < -0.39 is 0 Å². The van der Waals surface area contributed by atoms with Gasteiger partial charge in [-0.25, -0.2) is 0 Å². The topological polar surface area (TPSA) is 17.0 Å². The number of rotatable bonds is 1. The number of fused-ring (bicyclic) bond motifs is 6. The number of nitrogens with zero attached hydrogens (tertiary/aromatic N) is 4. The quantitative estimate of drug-likeness (QED) is 0.410. The minimum absolute atomic E-state index is 1.13. The molecule has 0 aliphatic rings. The predicted octanol–water partition coefficient (Wildman–Crippen LogP) is 3.34. The van der Waals surface area contributed by atoms with Crippen LogP contribution in [0, 0.1) is 0 Å². The predicted molar refractivity (Wildman–Crippen MR) is 100 cm³/mol. The Labute approximate surface area is 149 Å². The molecule has 6 rings (SSSR count). The Morgan fingerprint density at radius 2 is 0.962 bits per heavy atom. The molecule has 0 unspecified atom stereocenters. The average molecular weight is 336 g/mol. The van der Waals surface area contributed by atoms with Gasteiger partial charge in [-0.15, -0.1) is 0 Å². The van der Waals surface area contributed by atoms with E-state index in [4.69, 9.17) is 0 Å². The minimum atomic E-state index is 1.13. The molecular formula is C22H16N4+2. The molecule has 0 aliphatic heterocycles. The molecule has 0 bridgehead atoms. The zero-order valence-electron chi connectivity index (χ0n) is 14.0. The van der Waals surface area contributed by atoms with Crippen LogP contribution < -0.4 is 8.80 Å². The highest BCUT2D eigenvalue weighted by molar-refractivity contribution is 5.77. The molecule has 4 nitrogen and oxygen atoms in total. The number of hydrogen-bond acceptors (Lipinski definition) is 0. The van der Waals surface area contributed by atoms with Crippen LogP contribution in [0.3, 0.4) is 0 Å². The van der Waals surface area contributed by atoms with Gasteiger partial charge in [0.1, 0.15) is 0 Å². The fourth-order valence-corrected chi connectivity index (χ4v) is 4.01. The molecule has 0 atom stereocenters. The lowest BCUT2D eigenvalue weighted by molar-refractivity contribution is -0.533. The third kappa shape index (κ3) is 1.63. The van der Waals surface area contributed by atoms with Crippen LogP contribution in [-0.2, 0) is 0 Å². The fraction of sp³-hybridized carbons (Fsp3) is 0. The van der Waals surface area contributed by atoms with Crippen molar-refractivity contribution in [1.29, 1.82) is 0 Å². The van der Waals surface area contributed by atoms with E-state index in [1.54, 1.807) is 0 Å². The second-order valence-corrected chi connectivity index (χ2v) is 6.47. The molecule has 0 saturated heterocycles. The van der Waals surface area contributed by atoms with Gasteiger partial charge >= 0.3 is 11.6 Å². The van der Waals surface area contributed by atoms with Gasteiger partial charge in [0.2, 0.25) is 0 Å². The first-order valence-electron chi connectivity index (χ1n) is 8.73. The molecule has 4 heteroatoms. The minimum Gasteiger partial charge on any atom is -0.188 e. The average Bonchev–Trinajstić information content (AvgIpc) is 3.21. The zero-order chi connectivity index (χ0) is 17.1. The summed E-state index contributed by atoms with van der Waals surface area (Å²) in [6.07, 6.45) is 8.54. The molecule has 0 radical (unpaired) electrons. The second kappa shape index (κ2) is 4.92. The summed E-state index contributed by atoms with van der Waals surface area (Å²) < 4.78 is 9.07. The first kappa shape index (κ1) is 13.6. The largest absolute Gasteiger partial charge is 0.384 e. The molecule has 6 aromatic rings. The van der Waals surface area contributed by atoms with Crippen LogP contribution in [0.15, 0.2) is 97.6 Å². The van der Waals surface area contributed by atoms with E-state index in [1.165, 1.54) is 22.1 Å². The van der Waals surface area contributed by atoms with Gasteiger partial charge in [-0.3, -0.25) is 0 Å². The van der Waals surface area contributed by atoms with Crippen molar-refractivity contribution < 1.29 is 8.80 Å². The smallest absolute Gasteiger partial charge is 0.188 e. The van der Waals surface area contributed by atoms with Gasteiger partial charge in [0.25, 0.3) is 0 Å². The van der Waals surface area contributed by atoms with Crippen LogP contribution in [0.1, 0.15) is 0 Å². The van der Waals surface area contributed by atoms with Gasteiger partial charge in [0.15, 0.2) is 22.1 Å². The van der Waals surface area contributed by atoms with Crippen molar-refractivity contribution in [3.8, 4) is 11.6 Å². The van der Waals surface area contributed by atoms with Crippen LogP contribution in [0.4, 0.5) is 0 Å². The number of imidazole rings is 2. The first-order chi connectivity index (χ1) is 12.9. The summed E-state index contributed by atoms with van der Waals surface area (Å²) in [5.41, 5.74) is 4.77. The molecule has 26 heavy (non-hydrogen) atoms. The van der Waals surface area contributed by atoms with Crippen molar-refractivity contribution in [3.63, 3.8) is 0 Å². The Balaban J connectivity index is 1.93. The summed E-state index contributed by atoms with van der Waals surface area (Å²) in [7, 11) is 0. The molecule has 0 N–H and O–H groups in total. The Bertz CT molecular complexity index is 1220. The van der Waals surface area contributed by atoms with Gasteiger partial charge in [-0.2, -0.15) is 17.6 Å². The molecule has 0 fully saturated rings. The van der Waals surface area contributed by atoms with Crippen molar-refractivity contribution in [1.82, 2.24) is 8.80 Å².